The Morgan fingerprint density at radius 3 is 2.23 bits per heavy atom. The first kappa shape index (κ1) is 26.0. The first-order valence-electron chi connectivity index (χ1n) is 13.5. The second-order valence-electron chi connectivity index (χ2n) is 10.7. The molecule has 0 bridgehead atoms. The number of carbonyl (C=O) groups excluding carboxylic acids is 4. The lowest BCUT2D eigenvalue weighted by Crippen LogP contribution is -2.54. The Bertz CT molecular complexity index is 1380. The predicted molar refractivity (Wildman–Crippen MR) is 140 cm³/mol. The normalized spacial score (nSPS) is 24.9. The van der Waals surface area contributed by atoms with Crippen molar-refractivity contribution in [3.63, 3.8) is 0 Å². The van der Waals surface area contributed by atoms with Crippen molar-refractivity contribution in [3.8, 4) is 5.75 Å². The van der Waals surface area contributed by atoms with Gasteiger partial charge in [-0.15, -0.1) is 0 Å². The van der Waals surface area contributed by atoms with E-state index in [-0.39, 0.29) is 47.8 Å². The topological polar surface area (TPSA) is 143 Å². The monoisotopic (exact) mass is 547 g/mol. The van der Waals surface area contributed by atoms with Gasteiger partial charge >= 0.3 is 5.97 Å². The molecule has 2 aromatic carbocycles. The van der Waals surface area contributed by atoms with Gasteiger partial charge in [0.1, 0.15) is 17.9 Å². The minimum absolute atomic E-state index is 0.0608. The van der Waals surface area contributed by atoms with E-state index in [2.05, 4.69) is 10.2 Å². The van der Waals surface area contributed by atoms with Crippen molar-refractivity contribution in [1.29, 1.82) is 0 Å². The third-order valence-electron chi connectivity index (χ3n) is 8.07. The number of nitrogens with zero attached hydrogens (tertiary/aromatic N) is 2. The number of carboxylic acid groups (broad SMARTS) is 1. The summed E-state index contributed by atoms with van der Waals surface area (Å²) < 4.78 is 12.3. The van der Waals surface area contributed by atoms with E-state index in [1.807, 2.05) is 12.1 Å². The van der Waals surface area contributed by atoms with Gasteiger partial charge < -0.3 is 19.5 Å². The van der Waals surface area contributed by atoms with Gasteiger partial charge in [-0.1, -0.05) is 0 Å². The number of hydrogen-bond donors (Lipinski definition) is 2. The SMILES string of the molecule is O=C1CCC(N2C(=O)c3ccc(O[C@H]4C[C@H](OC5CCN(c6ccc(C(=O)O)cc6)CC5)C4)cc3C2=O)C(=O)N1. The number of piperidine rings is 2. The van der Waals surface area contributed by atoms with Crippen LogP contribution in [0.1, 0.15) is 69.6 Å². The predicted octanol–water partition coefficient (Wildman–Crippen LogP) is 2.38. The Morgan fingerprint density at radius 1 is 0.850 bits per heavy atom. The molecule has 1 atom stereocenters. The fourth-order valence-corrected chi connectivity index (χ4v) is 5.78. The Balaban J connectivity index is 0.978. The molecule has 11 nitrogen and oxygen atoms in total. The van der Waals surface area contributed by atoms with Gasteiger partial charge in [0.05, 0.1) is 28.9 Å². The van der Waals surface area contributed by atoms with Gasteiger partial charge in [-0.2, -0.15) is 0 Å². The molecule has 0 aromatic heterocycles. The molecular formula is C29H29N3O8. The van der Waals surface area contributed by atoms with Crippen molar-refractivity contribution >= 4 is 35.3 Å². The number of amides is 4. The van der Waals surface area contributed by atoms with Crippen LogP contribution >= 0.6 is 0 Å². The minimum Gasteiger partial charge on any atom is -0.490 e. The van der Waals surface area contributed by atoms with Crippen LogP contribution in [0.2, 0.25) is 0 Å². The van der Waals surface area contributed by atoms with Crippen LogP contribution in [-0.2, 0) is 14.3 Å². The fourth-order valence-electron chi connectivity index (χ4n) is 5.78. The van der Waals surface area contributed by atoms with Crippen LogP contribution in [0.5, 0.6) is 5.75 Å². The maximum Gasteiger partial charge on any atom is 0.335 e. The van der Waals surface area contributed by atoms with Crippen molar-refractivity contribution in [1.82, 2.24) is 10.2 Å². The summed E-state index contributed by atoms with van der Waals surface area (Å²) in [6.45, 7) is 1.67. The van der Waals surface area contributed by atoms with Crippen molar-refractivity contribution in [2.75, 3.05) is 18.0 Å². The van der Waals surface area contributed by atoms with Gasteiger partial charge in [0.2, 0.25) is 11.8 Å². The highest BCUT2D eigenvalue weighted by molar-refractivity contribution is 6.23. The van der Waals surface area contributed by atoms with Gasteiger partial charge in [-0.25, -0.2) is 4.79 Å². The van der Waals surface area contributed by atoms with Gasteiger partial charge in [0.25, 0.3) is 11.8 Å². The standard InChI is InChI=1S/C29H29N3O8/c33-25-8-7-24(26(34)30-25)32-27(35)22-6-5-19(15-23(22)28(32)36)40-21-13-20(14-21)39-18-9-11-31(12-10-18)17-3-1-16(2-4-17)29(37)38/h1-6,15,18,20-21,24H,7-14H2,(H,37,38)(H,30,33,34)/t20-,21-,24?. The van der Waals surface area contributed by atoms with E-state index < -0.39 is 35.6 Å². The van der Waals surface area contributed by atoms with Crippen molar-refractivity contribution in [2.24, 2.45) is 0 Å². The molecule has 4 aliphatic rings. The summed E-state index contributed by atoms with van der Waals surface area (Å²) in [6.07, 6.45) is 3.59. The summed E-state index contributed by atoms with van der Waals surface area (Å²) in [4.78, 5) is 63.8. The number of carboxylic acids is 1. The zero-order chi connectivity index (χ0) is 28.0. The lowest BCUT2D eigenvalue weighted by Gasteiger charge is -2.40. The maximum atomic E-state index is 13.0. The molecule has 0 spiro atoms. The number of carbonyl (C=O) groups is 5. The fraction of sp³-hybridized carbons (Fsp3) is 0.414. The second-order valence-corrected chi connectivity index (χ2v) is 10.7. The number of anilines is 1. The number of rotatable bonds is 7. The number of benzene rings is 2. The first-order chi connectivity index (χ1) is 19.3. The van der Waals surface area contributed by atoms with Crippen LogP contribution in [0.4, 0.5) is 5.69 Å². The number of ether oxygens (including phenoxy) is 2. The number of hydrogen-bond acceptors (Lipinski definition) is 8. The molecule has 0 radical (unpaired) electrons. The molecule has 6 rings (SSSR count). The van der Waals surface area contributed by atoms with E-state index in [9.17, 15) is 24.0 Å². The summed E-state index contributed by atoms with van der Waals surface area (Å²) in [6, 6.07) is 10.7. The van der Waals surface area contributed by atoms with Crippen LogP contribution in [-0.4, -0.2) is 77.0 Å². The zero-order valence-corrected chi connectivity index (χ0v) is 21.7. The quantitative estimate of drug-likeness (QED) is 0.500. The van der Waals surface area contributed by atoms with Crippen LogP contribution in [0.15, 0.2) is 42.5 Å². The molecule has 40 heavy (non-hydrogen) atoms. The van der Waals surface area contributed by atoms with E-state index in [0.717, 1.165) is 49.4 Å². The zero-order valence-electron chi connectivity index (χ0n) is 21.7. The van der Waals surface area contributed by atoms with Crippen molar-refractivity contribution in [3.05, 3.63) is 59.2 Å². The highest BCUT2D eigenvalue weighted by Gasteiger charge is 2.45. The lowest BCUT2D eigenvalue weighted by atomic mass is 9.91. The third-order valence-corrected chi connectivity index (χ3v) is 8.07. The molecule has 1 aliphatic carbocycles. The third kappa shape index (κ3) is 4.92. The molecule has 1 saturated carbocycles. The van der Waals surface area contributed by atoms with E-state index >= 15 is 0 Å². The van der Waals surface area contributed by atoms with E-state index in [4.69, 9.17) is 14.6 Å². The molecule has 2 aromatic rings. The Kier molecular flexibility index (Phi) is 6.75. The van der Waals surface area contributed by atoms with Crippen LogP contribution < -0.4 is 15.0 Å². The Morgan fingerprint density at radius 2 is 1.55 bits per heavy atom. The summed E-state index contributed by atoms with van der Waals surface area (Å²) in [5, 5.41) is 11.3. The smallest absolute Gasteiger partial charge is 0.335 e. The molecule has 4 amide bonds. The molecule has 208 valence electrons. The largest absolute Gasteiger partial charge is 0.490 e. The summed E-state index contributed by atoms with van der Waals surface area (Å²) in [5.41, 5.74) is 1.71. The van der Waals surface area contributed by atoms with E-state index in [1.54, 1.807) is 30.3 Å². The van der Waals surface area contributed by atoms with Crippen molar-refractivity contribution in [2.45, 2.75) is 62.9 Å². The molecule has 2 saturated heterocycles. The molecule has 3 heterocycles. The molecule has 3 aliphatic heterocycles. The van der Waals surface area contributed by atoms with Gasteiger partial charge in [0, 0.05) is 38.0 Å². The van der Waals surface area contributed by atoms with E-state index in [0.29, 0.717) is 5.75 Å². The lowest BCUT2D eigenvalue weighted by molar-refractivity contribution is -0.136. The Labute approximate surface area is 230 Å². The van der Waals surface area contributed by atoms with Crippen molar-refractivity contribution < 1.29 is 38.6 Å². The highest BCUT2D eigenvalue weighted by atomic mass is 16.5. The maximum absolute atomic E-state index is 13.0. The van der Waals surface area contributed by atoms with Crippen LogP contribution in [0.3, 0.4) is 0 Å². The van der Waals surface area contributed by atoms with Gasteiger partial charge in [-0.3, -0.25) is 29.4 Å². The average molecular weight is 548 g/mol. The van der Waals surface area contributed by atoms with Crippen LogP contribution in [0.25, 0.3) is 0 Å². The van der Waals surface area contributed by atoms with E-state index in [1.165, 1.54) is 0 Å². The average Bonchev–Trinajstić information content (AvgIpc) is 3.17. The second kappa shape index (κ2) is 10.4. The minimum atomic E-state index is -0.997. The number of imide groups is 2. The Hall–Kier alpha value is -4.25. The molecule has 1 unspecified atom stereocenters. The van der Waals surface area contributed by atoms with Crippen LogP contribution in [0, 0.1) is 0 Å². The van der Waals surface area contributed by atoms with Gasteiger partial charge in [0.15, 0.2) is 0 Å². The summed E-state index contributed by atoms with van der Waals surface area (Å²) >= 11 is 0. The number of fused-ring (bicyclic) bond motifs is 1. The summed E-state index contributed by atoms with van der Waals surface area (Å²) in [5.74, 6) is -2.59. The van der Waals surface area contributed by atoms with Gasteiger partial charge in [-0.05, 0) is 61.7 Å². The highest BCUT2D eigenvalue weighted by Crippen LogP contribution is 2.34. The molecule has 3 fully saturated rings. The number of aromatic carboxylic acids is 1. The summed E-state index contributed by atoms with van der Waals surface area (Å²) in [7, 11) is 0. The molecule has 2 N–H and O–H groups in total. The molecular weight excluding hydrogens is 518 g/mol. The first-order valence-corrected chi connectivity index (χ1v) is 13.5. The molecule has 11 heteroatoms. The number of nitrogens with one attached hydrogen (secondary N) is 1.